The first-order valence-electron chi connectivity index (χ1n) is 7.10. The van der Waals surface area contributed by atoms with Gasteiger partial charge in [0.15, 0.2) is 0 Å². The lowest BCUT2D eigenvalue weighted by atomic mass is 10.0. The van der Waals surface area contributed by atoms with E-state index >= 15 is 0 Å². The van der Waals surface area contributed by atoms with Crippen LogP contribution in [0.4, 0.5) is 0 Å². The first-order valence-corrected chi connectivity index (χ1v) is 9.35. The van der Waals surface area contributed by atoms with Crippen molar-refractivity contribution in [1.29, 1.82) is 0 Å². The highest BCUT2D eigenvalue weighted by molar-refractivity contribution is 7.83. The average Bonchev–Trinajstić information content (AvgIpc) is 3.06. The first kappa shape index (κ1) is 18.0. The van der Waals surface area contributed by atoms with Gasteiger partial charge in [0.1, 0.15) is 5.56 Å². The molecule has 1 aromatic carbocycles. The van der Waals surface area contributed by atoms with Gasteiger partial charge in [-0.05, 0) is 18.2 Å². The highest BCUT2D eigenvalue weighted by Crippen LogP contribution is 2.38. The van der Waals surface area contributed by atoms with E-state index in [9.17, 15) is 13.8 Å². The van der Waals surface area contributed by atoms with Crippen LogP contribution < -0.4 is 0 Å². The Hall–Kier alpha value is -1.83. The zero-order valence-corrected chi connectivity index (χ0v) is 15.6. The largest absolute Gasteiger partial charge is 0.465 e. The Morgan fingerprint density at radius 1 is 1.04 bits per heavy atom. The Labute approximate surface area is 156 Å². The quantitative estimate of drug-likeness (QED) is 0.737. The highest BCUT2D eigenvalue weighted by Gasteiger charge is 2.37. The zero-order valence-electron chi connectivity index (χ0n) is 13.3. The second kappa shape index (κ2) is 6.82. The van der Waals surface area contributed by atoms with Gasteiger partial charge < -0.3 is 14.0 Å². The number of aromatic nitrogens is 1. The Balaban J connectivity index is 2.39. The number of benzene rings is 1. The molecule has 0 radical (unpaired) electrons. The summed E-state index contributed by atoms with van der Waals surface area (Å²) in [6.07, 6.45) is 0. The lowest BCUT2D eigenvalue weighted by Gasteiger charge is -2.10. The van der Waals surface area contributed by atoms with E-state index in [1.54, 1.807) is 22.8 Å². The van der Waals surface area contributed by atoms with Gasteiger partial charge in [0.25, 0.3) is 0 Å². The van der Waals surface area contributed by atoms with Crippen LogP contribution in [-0.2, 0) is 31.9 Å². The third-order valence-electron chi connectivity index (χ3n) is 3.86. The predicted molar refractivity (Wildman–Crippen MR) is 94.4 cm³/mol. The molecule has 0 saturated heterocycles. The number of rotatable bonds is 3. The van der Waals surface area contributed by atoms with E-state index in [-0.39, 0.29) is 22.8 Å². The summed E-state index contributed by atoms with van der Waals surface area (Å²) in [5.74, 6) is -1.10. The van der Waals surface area contributed by atoms with E-state index in [0.717, 1.165) is 0 Å². The molecule has 0 amide bonds. The highest BCUT2D eigenvalue weighted by atomic mass is 35.5. The molecule has 2 heterocycles. The minimum atomic E-state index is -1.20. The van der Waals surface area contributed by atoms with Crippen LogP contribution in [0.5, 0.6) is 0 Å². The minimum Gasteiger partial charge on any atom is -0.465 e. The summed E-state index contributed by atoms with van der Waals surface area (Å²) in [5, 5.41) is 0.736. The van der Waals surface area contributed by atoms with Crippen molar-refractivity contribution in [1.82, 2.24) is 4.57 Å². The smallest absolute Gasteiger partial charge is 0.340 e. The molecule has 25 heavy (non-hydrogen) atoms. The molecule has 0 saturated carbocycles. The fraction of sp³-hybridized carbons (Fsp3) is 0.250. The molecule has 0 aliphatic carbocycles. The molecular formula is C16H13Cl2NO5S. The van der Waals surface area contributed by atoms with Crippen molar-refractivity contribution in [2.45, 2.75) is 11.6 Å². The van der Waals surface area contributed by atoms with E-state index in [1.165, 1.54) is 14.2 Å². The number of nitrogens with zero attached hydrogens (tertiary/aromatic N) is 1. The lowest BCUT2D eigenvalue weighted by molar-refractivity contribution is 0.0556. The molecule has 1 aliphatic heterocycles. The van der Waals surface area contributed by atoms with Crippen LogP contribution in [0.15, 0.2) is 18.2 Å². The van der Waals surface area contributed by atoms with Gasteiger partial charge >= 0.3 is 11.9 Å². The van der Waals surface area contributed by atoms with Crippen molar-refractivity contribution in [2.75, 3.05) is 14.2 Å². The molecule has 0 fully saturated rings. The average molecular weight is 402 g/mol. The van der Waals surface area contributed by atoms with Gasteiger partial charge in [-0.3, -0.25) is 4.21 Å². The number of methoxy groups -OCH3 is 2. The molecule has 1 atom stereocenters. The molecule has 3 rings (SSSR count). The summed E-state index contributed by atoms with van der Waals surface area (Å²) in [6, 6.07) is 4.78. The van der Waals surface area contributed by atoms with Crippen molar-refractivity contribution < 1.29 is 23.3 Å². The van der Waals surface area contributed by atoms with Crippen molar-refractivity contribution in [2.24, 2.45) is 0 Å². The molecular weight excluding hydrogens is 389 g/mol. The number of carbonyl (C=O) groups is 2. The second-order valence-electron chi connectivity index (χ2n) is 5.33. The van der Waals surface area contributed by atoms with Gasteiger partial charge in [-0.1, -0.05) is 23.2 Å². The third-order valence-corrected chi connectivity index (χ3v) is 5.43. The van der Waals surface area contributed by atoms with Crippen LogP contribution in [0.2, 0.25) is 10.0 Å². The minimum absolute atomic E-state index is 0.0550. The maximum Gasteiger partial charge on any atom is 0.340 e. The van der Waals surface area contributed by atoms with Gasteiger partial charge in [-0.2, -0.15) is 0 Å². The number of fused-ring (bicyclic) bond motifs is 1. The molecule has 1 aliphatic rings. The maximum atomic E-state index is 12.4. The topological polar surface area (TPSA) is 74.6 Å². The summed E-state index contributed by atoms with van der Waals surface area (Å²) in [6.45, 7) is 0. The second-order valence-corrected chi connectivity index (χ2v) is 7.63. The van der Waals surface area contributed by atoms with Gasteiger partial charge in [-0.15, -0.1) is 0 Å². The summed E-state index contributed by atoms with van der Waals surface area (Å²) in [5.41, 5.74) is 1.49. The van der Waals surface area contributed by atoms with Crippen molar-refractivity contribution in [3.63, 3.8) is 0 Å². The molecule has 9 heteroatoms. The summed E-state index contributed by atoms with van der Waals surface area (Å²) in [7, 11) is 1.24. The van der Waals surface area contributed by atoms with E-state index < -0.39 is 22.7 Å². The zero-order chi connectivity index (χ0) is 18.3. The van der Waals surface area contributed by atoms with Crippen LogP contribution >= 0.6 is 23.2 Å². The number of esters is 2. The van der Waals surface area contributed by atoms with Crippen LogP contribution in [0.25, 0.3) is 11.3 Å². The van der Waals surface area contributed by atoms with E-state index in [4.69, 9.17) is 32.7 Å². The number of hydrogen-bond acceptors (Lipinski definition) is 5. The normalized spacial score (nSPS) is 15.8. The van der Waals surface area contributed by atoms with Crippen LogP contribution in [-0.4, -0.2) is 34.9 Å². The van der Waals surface area contributed by atoms with Crippen molar-refractivity contribution in [3.05, 3.63) is 45.1 Å². The maximum absolute atomic E-state index is 12.4. The van der Waals surface area contributed by atoms with Crippen LogP contribution in [0.3, 0.4) is 0 Å². The predicted octanol–water partition coefficient (Wildman–Crippen LogP) is 3.25. The third kappa shape index (κ3) is 3.07. The summed E-state index contributed by atoms with van der Waals surface area (Å²) >= 11 is 12.2. The number of hydrogen-bond donors (Lipinski definition) is 0. The van der Waals surface area contributed by atoms with E-state index in [0.29, 0.717) is 27.0 Å². The van der Waals surface area contributed by atoms with Crippen LogP contribution in [0.1, 0.15) is 26.4 Å². The molecule has 2 aromatic rings. The fourth-order valence-corrected chi connectivity index (χ4v) is 4.71. The number of ether oxygens (including phenoxy) is 2. The Morgan fingerprint density at radius 2 is 1.60 bits per heavy atom. The van der Waals surface area contributed by atoms with Crippen molar-refractivity contribution in [3.8, 4) is 11.3 Å². The van der Waals surface area contributed by atoms with E-state index in [1.807, 2.05) is 0 Å². The molecule has 6 nitrogen and oxygen atoms in total. The molecule has 0 unspecified atom stereocenters. The molecule has 0 bridgehead atoms. The monoisotopic (exact) mass is 401 g/mol. The summed E-state index contributed by atoms with van der Waals surface area (Å²) < 4.78 is 23.4. The first-order chi connectivity index (χ1) is 11.9. The van der Waals surface area contributed by atoms with Gasteiger partial charge in [0.2, 0.25) is 0 Å². The van der Waals surface area contributed by atoms with Gasteiger partial charge in [0.05, 0.1) is 37.1 Å². The lowest BCUT2D eigenvalue weighted by Crippen LogP contribution is -2.12. The summed E-state index contributed by atoms with van der Waals surface area (Å²) in [4.78, 5) is 24.7. The van der Waals surface area contributed by atoms with Gasteiger partial charge in [0, 0.05) is 32.1 Å². The molecule has 0 spiro atoms. The Kier molecular flexibility index (Phi) is 4.90. The van der Waals surface area contributed by atoms with Crippen LogP contribution in [0, 0.1) is 0 Å². The fourth-order valence-electron chi connectivity index (χ4n) is 2.92. The molecule has 132 valence electrons. The molecule has 1 aromatic heterocycles. The van der Waals surface area contributed by atoms with E-state index in [2.05, 4.69) is 0 Å². The standard InChI is InChI=1S/C16H13Cl2NO5S/c1-23-15(20)12-11-6-25(22)7-19(11)14(13(12)16(21)24-2)8-3-9(17)5-10(18)4-8/h3-5H,6-7H2,1-2H3/t25-/m1/s1. The SMILES string of the molecule is COC(=O)c1c(C(=O)OC)c(-c2cc(Cl)cc(Cl)c2)n2c1C[S@@](=O)C2. The Morgan fingerprint density at radius 3 is 2.16 bits per heavy atom. The number of carbonyl (C=O) groups excluding carboxylic acids is 2. The molecule has 0 N–H and O–H groups in total. The van der Waals surface area contributed by atoms with Crippen molar-refractivity contribution >= 4 is 45.9 Å². The number of halogens is 2. The Bertz CT molecular complexity index is 901. The van der Waals surface area contributed by atoms with Gasteiger partial charge in [-0.25, -0.2) is 9.59 Å².